The van der Waals surface area contributed by atoms with Gasteiger partial charge in [-0.25, -0.2) is 0 Å². The highest BCUT2D eigenvalue weighted by molar-refractivity contribution is 5.37. The lowest BCUT2D eigenvalue weighted by Gasteiger charge is -2.37. The van der Waals surface area contributed by atoms with Crippen LogP contribution in [0, 0.1) is 5.92 Å². The van der Waals surface area contributed by atoms with Gasteiger partial charge in [0, 0.05) is 24.7 Å². The van der Waals surface area contributed by atoms with Crippen molar-refractivity contribution < 1.29 is 0 Å². The van der Waals surface area contributed by atoms with Crippen LogP contribution in [-0.4, -0.2) is 30.1 Å². The minimum absolute atomic E-state index is 0.511. The first-order valence-electron chi connectivity index (χ1n) is 8.27. The largest absolute Gasteiger partial charge is 0.309 e. The third kappa shape index (κ3) is 2.77. The molecule has 20 heavy (non-hydrogen) atoms. The molecule has 2 atom stereocenters. The number of nitrogens with zero attached hydrogens (tertiary/aromatic N) is 1. The molecule has 0 heterocycles. The summed E-state index contributed by atoms with van der Waals surface area (Å²) in [6.45, 7) is 9.27. The fraction of sp³-hybridized carbons (Fsp3) is 0.667. The van der Waals surface area contributed by atoms with Crippen molar-refractivity contribution >= 4 is 0 Å². The molecule has 2 nitrogen and oxygen atoms in total. The Kier molecular flexibility index (Phi) is 4.13. The van der Waals surface area contributed by atoms with Gasteiger partial charge in [-0.3, -0.25) is 4.90 Å². The van der Waals surface area contributed by atoms with Crippen LogP contribution >= 0.6 is 0 Å². The van der Waals surface area contributed by atoms with Crippen molar-refractivity contribution in [3.63, 3.8) is 0 Å². The van der Waals surface area contributed by atoms with E-state index in [1.807, 2.05) is 0 Å². The van der Waals surface area contributed by atoms with Crippen LogP contribution < -0.4 is 5.32 Å². The second-order valence-corrected chi connectivity index (χ2v) is 6.74. The van der Waals surface area contributed by atoms with Crippen LogP contribution in [0.25, 0.3) is 0 Å². The van der Waals surface area contributed by atoms with E-state index in [0.717, 1.165) is 12.5 Å². The monoisotopic (exact) mass is 272 g/mol. The van der Waals surface area contributed by atoms with Gasteiger partial charge in [0.2, 0.25) is 0 Å². The SMILES string of the molecule is CCNC1c2ccccc2CC1N(CC1CC1)C(C)C. The van der Waals surface area contributed by atoms with Gasteiger partial charge in [-0.1, -0.05) is 31.2 Å². The van der Waals surface area contributed by atoms with Crippen LogP contribution in [0.4, 0.5) is 0 Å². The summed E-state index contributed by atoms with van der Waals surface area (Å²) in [5.74, 6) is 0.961. The molecule has 110 valence electrons. The fourth-order valence-corrected chi connectivity index (χ4v) is 3.68. The third-order valence-corrected chi connectivity index (χ3v) is 4.88. The minimum atomic E-state index is 0.511. The molecule has 1 aromatic carbocycles. The summed E-state index contributed by atoms with van der Waals surface area (Å²) in [6.07, 6.45) is 4.09. The first-order valence-corrected chi connectivity index (χ1v) is 8.27. The molecule has 1 saturated carbocycles. The fourth-order valence-electron chi connectivity index (χ4n) is 3.68. The zero-order valence-electron chi connectivity index (χ0n) is 13.1. The highest BCUT2D eigenvalue weighted by Gasteiger charge is 2.38. The van der Waals surface area contributed by atoms with E-state index < -0.39 is 0 Å². The second kappa shape index (κ2) is 5.87. The van der Waals surface area contributed by atoms with Gasteiger partial charge >= 0.3 is 0 Å². The van der Waals surface area contributed by atoms with E-state index >= 15 is 0 Å². The molecular formula is C18H28N2. The van der Waals surface area contributed by atoms with E-state index in [-0.39, 0.29) is 0 Å². The van der Waals surface area contributed by atoms with Gasteiger partial charge in [0.15, 0.2) is 0 Å². The van der Waals surface area contributed by atoms with Crippen LogP contribution in [0.1, 0.15) is 50.8 Å². The molecule has 0 saturated heterocycles. The number of benzene rings is 1. The second-order valence-electron chi connectivity index (χ2n) is 6.74. The maximum absolute atomic E-state index is 3.74. The van der Waals surface area contributed by atoms with E-state index in [4.69, 9.17) is 0 Å². The van der Waals surface area contributed by atoms with Crippen LogP contribution in [0.5, 0.6) is 0 Å². The molecule has 2 heteroatoms. The molecule has 0 amide bonds. The third-order valence-electron chi connectivity index (χ3n) is 4.88. The topological polar surface area (TPSA) is 15.3 Å². The van der Waals surface area contributed by atoms with Crippen molar-refractivity contribution in [1.82, 2.24) is 10.2 Å². The molecule has 0 radical (unpaired) electrons. The number of fused-ring (bicyclic) bond motifs is 1. The molecule has 0 aromatic heterocycles. The van der Waals surface area contributed by atoms with Gasteiger partial charge in [-0.05, 0) is 56.7 Å². The summed E-state index contributed by atoms with van der Waals surface area (Å²) in [7, 11) is 0. The number of hydrogen-bond donors (Lipinski definition) is 1. The van der Waals surface area contributed by atoms with Crippen molar-refractivity contribution in [2.45, 2.75) is 58.2 Å². The van der Waals surface area contributed by atoms with Crippen LogP contribution in [-0.2, 0) is 6.42 Å². The molecule has 1 fully saturated rings. The van der Waals surface area contributed by atoms with Crippen LogP contribution in [0.3, 0.4) is 0 Å². The van der Waals surface area contributed by atoms with Gasteiger partial charge in [-0.2, -0.15) is 0 Å². The Morgan fingerprint density at radius 3 is 2.65 bits per heavy atom. The summed E-state index contributed by atoms with van der Waals surface area (Å²) < 4.78 is 0. The smallest absolute Gasteiger partial charge is 0.0484 e. The molecule has 1 aromatic rings. The number of hydrogen-bond acceptors (Lipinski definition) is 2. The number of nitrogens with one attached hydrogen (secondary N) is 1. The summed E-state index contributed by atoms with van der Waals surface area (Å²) >= 11 is 0. The maximum Gasteiger partial charge on any atom is 0.0484 e. The van der Waals surface area contributed by atoms with Crippen LogP contribution in [0.15, 0.2) is 24.3 Å². The summed E-state index contributed by atoms with van der Waals surface area (Å²) in [4.78, 5) is 2.75. The lowest BCUT2D eigenvalue weighted by molar-refractivity contribution is 0.123. The van der Waals surface area contributed by atoms with E-state index in [2.05, 4.69) is 55.3 Å². The van der Waals surface area contributed by atoms with Crippen molar-refractivity contribution in [3.05, 3.63) is 35.4 Å². The molecule has 2 aliphatic rings. The quantitative estimate of drug-likeness (QED) is 0.854. The average molecular weight is 272 g/mol. The maximum atomic E-state index is 3.74. The van der Waals surface area contributed by atoms with Gasteiger partial charge in [0.1, 0.15) is 0 Å². The van der Waals surface area contributed by atoms with Gasteiger partial charge in [-0.15, -0.1) is 0 Å². The summed E-state index contributed by atoms with van der Waals surface area (Å²) in [5.41, 5.74) is 3.07. The molecule has 0 bridgehead atoms. The zero-order valence-corrected chi connectivity index (χ0v) is 13.1. The Morgan fingerprint density at radius 1 is 1.25 bits per heavy atom. The Balaban J connectivity index is 1.83. The molecule has 3 rings (SSSR count). The van der Waals surface area contributed by atoms with E-state index in [1.165, 1.54) is 31.4 Å². The number of likely N-dealkylation sites (N-methyl/N-ethyl adjacent to an activating group) is 1. The van der Waals surface area contributed by atoms with E-state index in [1.54, 1.807) is 5.56 Å². The lowest BCUT2D eigenvalue weighted by atomic mass is 10.0. The van der Waals surface area contributed by atoms with Gasteiger partial charge in [0.05, 0.1) is 0 Å². The van der Waals surface area contributed by atoms with E-state index in [9.17, 15) is 0 Å². The first-order chi connectivity index (χ1) is 9.70. The molecular weight excluding hydrogens is 244 g/mol. The minimum Gasteiger partial charge on any atom is -0.309 e. The molecule has 2 aliphatic carbocycles. The van der Waals surface area contributed by atoms with Gasteiger partial charge < -0.3 is 5.32 Å². The Hall–Kier alpha value is -0.860. The summed E-state index contributed by atoms with van der Waals surface area (Å²) in [5, 5.41) is 3.74. The molecule has 0 spiro atoms. The zero-order chi connectivity index (χ0) is 14.1. The molecule has 0 aliphatic heterocycles. The first kappa shape index (κ1) is 14.1. The lowest BCUT2D eigenvalue weighted by Crippen LogP contribution is -2.47. The van der Waals surface area contributed by atoms with Crippen molar-refractivity contribution in [1.29, 1.82) is 0 Å². The standard InChI is InChI=1S/C18H28N2/c1-4-19-18-16-8-6-5-7-15(16)11-17(18)20(13(2)3)12-14-9-10-14/h5-8,13-14,17-19H,4,9-12H2,1-3H3. The summed E-state index contributed by atoms with van der Waals surface area (Å²) in [6, 6.07) is 10.8. The van der Waals surface area contributed by atoms with Crippen LogP contribution in [0.2, 0.25) is 0 Å². The molecule has 2 unspecified atom stereocenters. The van der Waals surface area contributed by atoms with Crippen molar-refractivity contribution in [3.8, 4) is 0 Å². The Morgan fingerprint density at radius 2 is 2.00 bits per heavy atom. The predicted octanol–water partition coefficient (Wildman–Crippen LogP) is 3.38. The van der Waals surface area contributed by atoms with Crippen molar-refractivity contribution in [2.75, 3.05) is 13.1 Å². The Labute approximate surface area is 123 Å². The highest BCUT2D eigenvalue weighted by atomic mass is 15.2. The molecule has 1 N–H and O–H groups in total. The number of rotatable bonds is 6. The van der Waals surface area contributed by atoms with E-state index in [0.29, 0.717) is 18.1 Å². The highest BCUT2D eigenvalue weighted by Crippen LogP contribution is 2.38. The normalized spacial score (nSPS) is 25.4. The average Bonchev–Trinajstić information content (AvgIpc) is 3.19. The van der Waals surface area contributed by atoms with Gasteiger partial charge in [0.25, 0.3) is 0 Å². The Bertz CT molecular complexity index is 450. The van der Waals surface area contributed by atoms with Crippen molar-refractivity contribution in [2.24, 2.45) is 5.92 Å². The predicted molar refractivity (Wildman–Crippen MR) is 84.9 cm³/mol.